The molecule has 5 heteroatoms. The zero-order valence-electron chi connectivity index (χ0n) is 17.1. The number of carbonyl (C=O) groups is 1. The van der Waals surface area contributed by atoms with Gasteiger partial charge in [0, 0.05) is 18.5 Å². The Morgan fingerprint density at radius 1 is 1.30 bits per heavy atom. The summed E-state index contributed by atoms with van der Waals surface area (Å²) in [4.78, 5) is 14.7. The summed E-state index contributed by atoms with van der Waals surface area (Å²) in [5.41, 5.74) is 1.69. The molecule has 0 spiro atoms. The maximum atomic E-state index is 12.4. The van der Waals surface area contributed by atoms with Gasteiger partial charge in [-0.25, -0.2) is 0 Å². The Balaban J connectivity index is 2.01. The molecule has 2 atom stereocenters. The van der Waals surface area contributed by atoms with Crippen LogP contribution in [0.4, 0.5) is 0 Å². The summed E-state index contributed by atoms with van der Waals surface area (Å²) in [5.74, 6) is 1.36. The molecular weight excluding hydrogens is 342 g/mol. The largest absolute Gasteiger partial charge is 0.493 e. The molecule has 0 fully saturated rings. The van der Waals surface area contributed by atoms with E-state index in [-0.39, 0.29) is 18.2 Å². The second-order valence-corrected chi connectivity index (χ2v) is 8.58. The van der Waals surface area contributed by atoms with Gasteiger partial charge in [-0.1, -0.05) is 12.1 Å². The third kappa shape index (κ3) is 4.64. The Bertz CT molecular complexity index is 720. The first-order chi connectivity index (χ1) is 12.8. The van der Waals surface area contributed by atoms with Crippen molar-refractivity contribution in [3.05, 3.63) is 29.3 Å². The van der Waals surface area contributed by atoms with Gasteiger partial charge in [-0.3, -0.25) is 4.79 Å². The molecule has 0 saturated heterocycles. The van der Waals surface area contributed by atoms with E-state index >= 15 is 0 Å². The van der Waals surface area contributed by atoms with Crippen LogP contribution in [0.2, 0.25) is 0 Å². The summed E-state index contributed by atoms with van der Waals surface area (Å²) in [6, 6.07) is 4.07. The van der Waals surface area contributed by atoms with Crippen LogP contribution in [-0.2, 0) is 16.1 Å². The summed E-state index contributed by atoms with van der Waals surface area (Å²) in [5, 5.41) is 0. The average Bonchev–Trinajstić information content (AvgIpc) is 2.57. The number of carbonyl (C=O) groups excluding carboxylic acids is 1. The van der Waals surface area contributed by atoms with E-state index < -0.39 is 5.41 Å². The van der Waals surface area contributed by atoms with Gasteiger partial charge in [0.25, 0.3) is 0 Å². The summed E-state index contributed by atoms with van der Waals surface area (Å²) in [6.07, 6.45) is 6.31. The highest BCUT2D eigenvalue weighted by Gasteiger charge is 2.30. The molecule has 0 saturated carbocycles. The van der Waals surface area contributed by atoms with Crippen LogP contribution in [0.15, 0.2) is 18.2 Å². The first-order valence-electron chi connectivity index (χ1n) is 9.72. The number of hydrogen-bond donors (Lipinski definition) is 0. The van der Waals surface area contributed by atoms with E-state index in [1.807, 2.05) is 39.0 Å². The van der Waals surface area contributed by atoms with E-state index in [2.05, 4.69) is 18.0 Å². The van der Waals surface area contributed by atoms with Crippen LogP contribution < -0.4 is 9.47 Å². The second-order valence-electron chi connectivity index (χ2n) is 8.58. The van der Waals surface area contributed by atoms with E-state index in [0.717, 1.165) is 43.0 Å². The number of nitrogens with zero attached hydrogens (tertiary/aromatic N) is 1. The first-order valence-corrected chi connectivity index (χ1v) is 9.72. The monoisotopic (exact) mass is 373 g/mol. The highest BCUT2D eigenvalue weighted by molar-refractivity contribution is 5.76. The normalized spacial score (nSPS) is 23.1. The Morgan fingerprint density at radius 2 is 2.07 bits per heavy atom. The van der Waals surface area contributed by atoms with Crippen molar-refractivity contribution in [2.45, 2.75) is 58.8 Å². The van der Waals surface area contributed by atoms with Crippen molar-refractivity contribution in [3.8, 4) is 11.5 Å². The first kappa shape index (κ1) is 19.7. The number of methoxy groups -OCH3 is 1. The smallest absolute Gasteiger partial charge is 0.311 e. The van der Waals surface area contributed by atoms with Gasteiger partial charge in [0.15, 0.2) is 11.5 Å². The zero-order valence-corrected chi connectivity index (χ0v) is 17.1. The van der Waals surface area contributed by atoms with Crippen LogP contribution in [0.1, 0.15) is 51.2 Å². The van der Waals surface area contributed by atoms with Gasteiger partial charge in [0.2, 0.25) is 0 Å². The fourth-order valence-corrected chi connectivity index (χ4v) is 3.52. The SMILES string of the molecule is COc1ccc2c3c1O[C@H](CCCN(C)C2)C[C@@H](OC(=O)C(C)(C)C)C=C3. The van der Waals surface area contributed by atoms with Crippen LogP contribution >= 0.6 is 0 Å². The standard InChI is InChI=1S/C22H31NO4/c1-22(2,3)21(24)27-17-9-10-18-15-8-11-19(25-5)20(18)26-16(13-17)7-6-12-23(4)14-15/h8-11,16-17H,6-7,12-14H2,1-5H3/t16-,17+/m1/s1. The lowest BCUT2D eigenvalue weighted by Crippen LogP contribution is -2.33. The van der Waals surface area contributed by atoms with Gasteiger partial charge in [0.1, 0.15) is 12.2 Å². The number of benzene rings is 1. The maximum absolute atomic E-state index is 12.4. The highest BCUT2D eigenvalue weighted by Crippen LogP contribution is 2.39. The van der Waals surface area contributed by atoms with Crippen LogP contribution in [0.5, 0.6) is 11.5 Å². The van der Waals surface area contributed by atoms with Crippen LogP contribution in [0, 0.1) is 5.41 Å². The average molecular weight is 373 g/mol. The van der Waals surface area contributed by atoms with Crippen molar-refractivity contribution in [2.24, 2.45) is 5.41 Å². The molecule has 2 aliphatic heterocycles. The Morgan fingerprint density at radius 3 is 2.78 bits per heavy atom. The molecule has 1 aromatic rings. The quantitative estimate of drug-likeness (QED) is 0.732. The molecule has 148 valence electrons. The lowest BCUT2D eigenvalue weighted by atomic mass is 9.96. The third-order valence-electron chi connectivity index (χ3n) is 5.10. The maximum Gasteiger partial charge on any atom is 0.311 e. The summed E-state index contributed by atoms with van der Waals surface area (Å²) >= 11 is 0. The molecule has 0 radical (unpaired) electrons. The topological polar surface area (TPSA) is 48.0 Å². The van der Waals surface area contributed by atoms with Gasteiger partial charge in [0.05, 0.1) is 12.5 Å². The lowest BCUT2D eigenvalue weighted by Gasteiger charge is -2.31. The van der Waals surface area contributed by atoms with Crippen LogP contribution in [0.3, 0.4) is 0 Å². The predicted molar refractivity (Wildman–Crippen MR) is 106 cm³/mol. The van der Waals surface area contributed by atoms with E-state index in [1.54, 1.807) is 7.11 Å². The van der Waals surface area contributed by atoms with Crippen molar-refractivity contribution >= 4 is 12.0 Å². The molecule has 0 amide bonds. The van der Waals surface area contributed by atoms with Gasteiger partial charge >= 0.3 is 5.97 Å². The van der Waals surface area contributed by atoms with E-state index in [4.69, 9.17) is 14.2 Å². The minimum absolute atomic E-state index is 0.0258. The second kappa shape index (κ2) is 7.93. The minimum Gasteiger partial charge on any atom is -0.493 e. The molecule has 0 aromatic heterocycles. The van der Waals surface area contributed by atoms with Crippen molar-refractivity contribution in [3.63, 3.8) is 0 Å². The van der Waals surface area contributed by atoms with Crippen molar-refractivity contribution in [2.75, 3.05) is 20.7 Å². The molecule has 0 unspecified atom stereocenters. The Kier molecular flexibility index (Phi) is 5.80. The van der Waals surface area contributed by atoms with E-state index in [9.17, 15) is 4.79 Å². The molecule has 0 N–H and O–H groups in total. The predicted octanol–water partition coefficient (Wildman–Crippen LogP) is 4.04. The molecule has 1 aromatic carbocycles. The minimum atomic E-state index is -0.521. The molecule has 2 heterocycles. The number of fused-ring (bicyclic) bond motifs is 1. The van der Waals surface area contributed by atoms with Crippen molar-refractivity contribution in [1.82, 2.24) is 4.90 Å². The lowest BCUT2D eigenvalue weighted by molar-refractivity contribution is -0.157. The third-order valence-corrected chi connectivity index (χ3v) is 5.10. The molecular formula is C22H31NO4. The molecule has 2 aliphatic rings. The summed E-state index contributed by atoms with van der Waals surface area (Å²) < 4.78 is 17.8. The summed E-state index contributed by atoms with van der Waals surface area (Å²) in [7, 11) is 3.82. The fourth-order valence-electron chi connectivity index (χ4n) is 3.52. The number of ether oxygens (including phenoxy) is 3. The molecule has 3 rings (SSSR count). The van der Waals surface area contributed by atoms with Crippen LogP contribution in [0.25, 0.3) is 6.08 Å². The van der Waals surface area contributed by atoms with Gasteiger partial charge < -0.3 is 19.1 Å². The Labute approximate surface area is 162 Å². The Hall–Kier alpha value is -2.01. The number of rotatable bonds is 2. The molecule has 4 bridgehead atoms. The fraction of sp³-hybridized carbons (Fsp3) is 0.591. The number of esters is 1. The highest BCUT2D eigenvalue weighted by atomic mass is 16.6. The van der Waals surface area contributed by atoms with Gasteiger partial charge in [-0.15, -0.1) is 0 Å². The summed E-state index contributed by atoms with van der Waals surface area (Å²) in [6.45, 7) is 7.49. The van der Waals surface area contributed by atoms with Gasteiger partial charge in [-0.2, -0.15) is 0 Å². The van der Waals surface area contributed by atoms with Crippen molar-refractivity contribution in [1.29, 1.82) is 0 Å². The molecule has 0 aliphatic carbocycles. The van der Waals surface area contributed by atoms with E-state index in [0.29, 0.717) is 6.42 Å². The molecule has 27 heavy (non-hydrogen) atoms. The van der Waals surface area contributed by atoms with Crippen LogP contribution in [-0.4, -0.2) is 43.8 Å². The van der Waals surface area contributed by atoms with E-state index in [1.165, 1.54) is 5.56 Å². The zero-order chi connectivity index (χ0) is 19.6. The van der Waals surface area contributed by atoms with Crippen molar-refractivity contribution < 1.29 is 19.0 Å². The van der Waals surface area contributed by atoms with Gasteiger partial charge in [-0.05, 0) is 64.9 Å². The number of hydrogen-bond acceptors (Lipinski definition) is 5. The molecule has 5 nitrogen and oxygen atoms in total.